The molecule has 4 amide bonds. The van der Waals surface area contributed by atoms with E-state index in [0.29, 0.717) is 47.4 Å². The second-order valence-corrected chi connectivity index (χ2v) is 27.7. The molecule has 0 aliphatic carbocycles. The van der Waals surface area contributed by atoms with E-state index in [-0.39, 0.29) is 178 Å². The van der Waals surface area contributed by atoms with Crippen LogP contribution in [-0.2, 0) is 75.8 Å². The summed E-state index contributed by atoms with van der Waals surface area (Å²) in [5.74, 6) is 1.44. The third kappa shape index (κ3) is 18.6. The maximum Gasteiger partial charge on any atom is 0.416 e. The van der Waals surface area contributed by atoms with Crippen molar-refractivity contribution in [3.63, 3.8) is 0 Å². The van der Waals surface area contributed by atoms with Crippen LogP contribution in [0.2, 0.25) is 0 Å². The molecule has 6 aliphatic heterocycles. The average molecular weight is 1570 g/mol. The van der Waals surface area contributed by atoms with Crippen molar-refractivity contribution in [1.82, 2.24) is 19.6 Å². The number of benzene rings is 4. The lowest BCUT2D eigenvalue weighted by atomic mass is 9.98. The quantitative estimate of drug-likeness (QED) is 0.0122. The zero-order chi connectivity index (χ0) is 80.4. The molecule has 11 rings (SSSR count). The van der Waals surface area contributed by atoms with Gasteiger partial charge in [0.25, 0.3) is 11.8 Å². The zero-order valence-corrected chi connectivity index (χ0v) is 62.1. The summed E-state index contributed by atoms with van der Waals surface area (Å²) in [6.07, 6.45) is -20.1. The van der Waals surface area contributed by atoms with Crippen LogP contribution in [0.15, 0.2) is 91.0 Å². The van der Waals surface area contributed by atoms with Crippen LogP contribution in [0.1, 0.15) is 121 Å². The first-order valence-electron chi connectivity index (χ1n) is 36.3. The Bertz CT molecular complexity index is 4290. The van der Waals surface area contributed by atoms with E-state index >= 15 is 0 Å². The lowest BCUT2D eigenvalue weighted by Gasteiger charge is -2.38. The molecule has 606 valence electrons. The number of rotatable bonds is 34. The molecular formula is C76H93N7O29. The van der Waals surface area contributed by atoms with E-state index in [2.05, 4.69) is 18.0 Å². The van der Waals surface area contributed by atoms with E-state index in [1.54, 1.807) is 17.7 Å². The van der Waals surface area contributed by atoms with Gasteiger partial charge in [-0.1, -0.05) is 49.8 Å². The Morgan fingerprint density at radius 3 is 1.71 bits per heavy atom. The summed E-state index contributed by atoms with van der Waals surface area (Å²) < 4.78 is 71.3. The molecule has 7 heterocycles. The van der Waals surface area contributed by atoms with Crippen LogP contribution in [0.4, 0.5) is 21.0 Å². The number of carboxylic acids is 1. The summed E-state index contributed by atoms with van der Waals surface area (Å²) in [6, 6.07) is 13.7. The van der Waals surface area contributed by atoms with Crippen LogP contribution in [0.5, 0.6) is 28.7 Å². The van der Waals surface area contributed by atoms with Crippen LogP contribution in [0, 0.1) is 6.92 Å². The Kier molecular flexibility index (Phi) is 27.7. The highest BCUT2D eigenvalue weighted by atomic mass is 16.7. The molecule has 4 fully saturated rings. The van der Waals surface area contributed by atoms with E-state index in [9.17, 15) is 79.5 Å². The van der Waals surface area contributed by atoms with Gasteiger partial charge >= 0.3 is 18.2 Å². The number of carboxylic acid groups (broad SMARTS) is 1. The third-order valence-electron chi connectivity index (χ3n) is 19.8. The third-order valence-corrected chi connectivity index (χ3v) is 19.8. The second kappa shape index (κ2) is 37.3. The number of anilines is 2. The molecule has 6 aliphatic rings. The minimum absolute atomic E-state index is 0.00403. The van der Waals surface area contributed by atoms with Gasteiger partial charge in [0.15, 0.2) is 41.6 Å². The molecule has 1 aromatic heterocycles. The van der Waals surface area contributed by atoms with Gasteiger partial charge in [-0.25, -0.2) is 30.1 Å². The normalized spacial score (nSPS) is 24.2. The van der Waals surface area contributed by atoms with E-state index in [1.165, 1.54) is 84.7 Å². The van der Waals surface area contributed by atoms with Gasteiger partial charge in [-0.05, 0) is 91.8 Å². The molecule has 2 unspecified atom stereocenters. The molecule has 36 nitrogen and oxygen atoms in total. The number of aliphatic carboxylic acids is 1. The lowest BCUT2D eigenvalue weighted by molar-refractivity contribution is -0.271. The van der Waals surface area contributed by atoms with Crippen molar-refractivity contribution in [2.24, 2.45) is 5.90 Å². The fourth-order valence-corrected chi connectivity index (χ4v) is 13.8. The van der Waals surface area contributed by atoms with Crippen molar-refractivity contribution in [3.8, 4) is 28.7 Å². The molecule has 36 heteroatoms. The first-order valence-corrected chi connectivity index (χ1v) is 36.3. The first-order chi connectivity index (χ1) is 53.7. The topological polar surface area (TPSA) is 478 Å². The van der Waals surface area contributed by atoms with Crippen LogP contribution < -0.4 is 39.4 Å². The van der Waals surface area contributed by atoms with Gasteiger partial charge in [0.05, 0.1) is 105 Å². The molecule has 0 bridgehead atoms. The second-order valence-electron chi connectivity index (χ2n) is 27.7. The summed E-state index contributed by atoms with van der Waals surface area (Å²) >= 11 is 0. The van der Waals surface area contributed by atoms with Gasteiger partial charge in [-0.2, -0.15) is 5.10 Å². The van der Waals surface area contributed by atoms with E-state index < -0.39 is 135 Å². The fourth-order valence-electron chi connectivity index (χ4n) is 13.8. The number of nitrogens with two attached hydrogens (primary N) is 1. The van der Waals surface area contributed by atoms with Gasteiger partial charge in [0, 0.05) is 51.8 Å². The molecule has 0 radical (unpaired) electrons. The van der Waals surface area contributed by atoms with Crippen molar-refractivity contribution >= 4 is 52.9 Å². The number of aliphatic hydroxyl groups excluding tert-OH is 8. The Hall–Kier alpha value is -9.74. The summed E-state index contributed by atoms with van der Waals surface area (Å²) in [5.41, 5.74) is 2.51. The largest absolute Gasteiger partial charge is 0.493 e. The standard InChI is InChI=1S/C76H93N7O29/c1-7-8-10-54(84)48-26-43(13-15-58(48)111-74-66(91)63(88)64(89)67(112-74)72(96)97)35-107-75(98)82-50-30-59(41(4)25-46(50)68(92)79-32-39(2)23-52(79)70(82)94)105-37-45-28-44(78-81(45)16-18-102-19-20-103-21-22-109-77)36-104-61-31-51-47(29-60(61)101-6)69(93)80-33-40(3)24-53(80)71(95)83(51)76(99)108-34-42-12-14-57(49(27-42)55(85)11-9-17-100-5)110-73-65(90)62(87)56(86)38-106-73/h12-15,25-31,52-53,56,62-67,70-71,73-74,86-91,94-95H,2-3,7-11,16-24,32-38,77H2,1,4-6H3,(H,96,97)/t52-,53-,56+,62-,63+,64-,65+,66+,67-,70?,71?,73-,74+/m0/s1. The number of hydrogen-bond acceptors (Lipinski definition) is 30. The van der Waals surface area contributed by atoms with Crippen LogP contribution in [0.25, 0.3) is 0 Å². The number of ether oxygens (including phenoxy) is 12. The number of fused-ring (bicyclic) bond motifs is 4. The van der Waals surface area contributed by atoms with Crippen LogP contribution >= 0.6 is 0 Å². The zero-order valence-electron chi connectivity index (χ0n) is 62.1. The first kappa shape index (κ1) is 83.2. The monoisotopic (exact) mass is 1570 g/mol. The molecular weight excluding hydrogens is 1470 g/mol. The van der Waals surface area contributed by atoms with Gasteiger partial charge in [-0.3, -0.25) is 23.9 Å². The Labute approximate surface area is 642 Å². The summed E-state index contributed by atoms with van der Waals surface area (Å²) in [7, 11) is 2.82. The fraction of sp³-hybridized carbons (Fsp3) is 0.500. The molecule has 0 saturated carbocycles. The maximum absolute atomic E-state index is 14.8. The highest BCUT2D eigenvalue weighted by Crippen LogP contribution is 2.44. The van der Waals surface area contributed by atoms with Gasteiger partial charge in [-0.15, -0.1) is 0 Å². The smallest absolute Gasteiger partial charge is 0.416 e. The highest BCUT2D eigenvalue weighted by molar-refractivity contribution is 6.07. The number of carbonyl (C=O) groups is 7. The molecule has 112 heavy (non-hydrogen) atoms. The molecule has 0 spiro atoms. The number of methoxy groups -OCH3 is 2. The highest BCUT2D eigenvalue weighted by Gasteiger charge is 2.51. The van der Waals surface area contributed by atoms with E-state index in [1.807, 2.05) is 6.92 Å². The van der Waals surface area contributed by atoms with Crippen molar-refractivity contribution in [3.05, 3.63) is 141 Å². The van der Waals surface area contributed by atoms with Crippen molar-refractivity contribution < 1.29 is 141 Å². The van der Waals surface area contributed by atoms with Crippen molar-refractivity contribution in [1.29, 1.82) is 0 Å². The lowest BCUT2D eigenvalue weighted by Crippen LogP contribution is -2.61. The number of carbonyl (C=O) groups excluding carboxylic acids is 6. The summed E-state index contributed by atoms with van der Waals surface area (Å²) in [6.45, 7) is 11.1. The Morgan fingerprint density at radius 1 is 0.598 bits per heavy atom. The van der Waals surface area contributed by atoms with Crippen molar-refractivity contribution in [2.45, 2.75) is 172 Å². The average Bonchev–Trinajstić information content (AvgIpc) is 1.60. The SMILES string of the molecule is C=C1C[C@H]2C(O)N(C(=O)OCc3ccc(O[C@@H]4O[C@H](C(=O)O)[C@@H](O)[C@@H](O)[C@H]4O)c(C(=O)CCCC)c3)c3cc(OCc4cc(COc5cc6c(cc5OC)C(=O)N5CC(=C)C[C@H]5C(O)N6C(=O)OCc5ccc(O[C@@H]6OC[C@@H](O)[C@H](O)[C@H]6O)c(C(=O)CCCOC)c5)nn4CCOCCOCCON)c(C)cc3C(=O)N2C1. The number of amides is 4. The number of Topliss-reactive ketones (excluding diaryl/α,β-unsaturated/α-hetero) is 2. The number of unbranched alkanes of at least 4 members (excludes halogenated alkanes) is 1. The Morgan fingerprint density at radius 2 is 1.14 bits per heavy atom. The minimum atomic E-state index is -2.01. The number of aliphatic hydroxyl groups is 8. The summed E-state index contributed by atoms with van der Waals surface area (Å²) in [5, 5.41) is 102. The molecule has 11 N–H and O–H groups in total. The summed E-state index contributed by atoms with van der Waals surface area (Å²) in [4.78, 5) is 107. The van der Waals surface area contributed by atoms with Crippen molar-refractivity contribution in [2.75, 3.05) is 83.4 Å². The Balaban J connectivity index is 0.853. The minimum Gasteiger partial charge on any atom is -0.493 e. The predicted molar refractivity (Wildman–Crippen MR) is 387 cm³/mol. The van der Waals surface area contributed by atoms with Gasteiger partial charge in [0.2, 0.25) is 12.6 Å². The molecule has 5 aromatic rings. The van der Waals surface area contributed by atoms with E-state index in [4.69, 9.17) is 67.8 Å². The maximum atomic E-state index is 14.8. The molecule has 4 saturated heterocycles. The van der Waals surface area contributed by atoms with Crippen LogP contribution in [0.3, 0.4) is 0 Å². The van der Waals surface area contributed by atoms with Gasteiger partial charge < -0.3 is 117 Å². The number of aromatic nitrogens is 2. The van der Waals surface area contributed by atoms with E-state index in [0.717, 1.165) is 9.80 Å². The number of nitrogens with zero attached hydrogens (tertiary/aromatic N) is 6. The number of aryl methyl sites for hydroxylation is 1. The number of hydrogen-bond donors (Lipinski definition) is 10. The van der Waals surface area contributed by atoms with Crippen LogP contribution in [-0.4, -0.2) is 260 Å². The molecule has 13 atom stereocenters. The molecule has 4 aromatic carbocycles. The predicted octanol–water partition coefficient (Wildman–Crippen LogP) is 2.84. The van der Waals surface area contributed by atoms with Gasteiger partial charge in [0.1, 0.15) is 86.0 Å². The number of ketones is 2.